The van der Waals surface area contributed by atoms with Crippen molar-refractivity contribution in [3.8, 4) is 6.01 Å². The number of aromatic amines is 1. The Morgan fingerprint density at radius 2 is 2.14 bits per heavy atom. The molecule has 0 aliphatic carbocycles. The van der Waals surface area contributed by atoms with Crippen LogP contribution in [0.5, 0.6) is 6.01 Å². The summed E-state index contributed by atoms with van der Waals surface area (Å²) >= 11 is 0. The van der Waals surface area contributed by atoms with Crippen LogP contribution in [0, 0.1) is 0 Å². The van der Waals surface area contributed by atoms with Crippen molar-refractivity contribution in [3.05, 3.63) is 32.4 Å². The van der Waals surface area contributed by atoms with E-state index in [1.807, 2.05) is 6.92 Å². The summed E-state index contributed by atoms with van der Waals surface area (Å²) in [5.41, 5.74) is -0.234. The van der Waals surface area contributed by atoms with Gasteiger partial charge in [0, 0.05) is 13.2 Å². The van der Waals surface area contributed by atoms with Crippen molar-refractivity contribution < 1.29 is 13.9 Å². The molecule has 0 saturated heterocycles. The predicted molar refractivity (Wildman–Crippen MR) is 76.9 cm³/mol. The van der Waals surface area contributed by atoms with Crippen LogP contribution in [0.15, 0.2) is 20.1 Å². The number of hydrogen-bond acceptors (Lipinski definition) is 6. The molecule has 0 fully saturated rings. The number of aromatic nitrogens is 2. The molecule has 0 bridgehead atoms. The highest BCUT2D eigenvalue weighted by Crippen LogP contribution is 2.15. The van der Waals surface area contributed by atoms with Gasteiger partial charge in [0.25, 0.3) is 11.6 Å². The van der Waals surface area contributed by atoms with E-state index in [0.29, 0.717) is 24.0 Å². The van der Waals surface area contributed by atoms with E-state index in [4.69, 9.17) is 13.9 Å². The number of hydrogen-bond donors (Lipinski definition) is 1. The first kappa shape index (κ1) is 15.2. The van der Waals surface area contributed by atoms with Crippen LogP contribution in [-0.4, -0.2) is 30.3 Å². The Morgan fingerprint density at radius 1 is 1.33 bits per heavy atom. The number of unbranched alkanes of at least 4 members (excludes halogenated alkanes) is 1. The molecule has 2 aromatic rings. The van der Waals surface area contributed by atoms with Gasteiger partial charge in [-0.15, -0.1) is 0 Å². The fourth-order valence-corrected chi connectivity index (χ4v) is 1.98. The van der Waals surface area contributed by atoms with Crippen molar-refractivity contribution in [1.29, 1.82) is 0 Å². The van der Waals surface area contributed by atoms with Gasteiger partial charge in [-0.05, 0) is 18.4 Å². The first-order valence-electron chi connectivity index (χ1n) is 6.84. The van der Waals surface area contributed by atoms with Gasteiger partial charge in [-0.3, -0.25) is 9.78 Å². The zero-order valence-corrected chi connectivity index (χ0v) is 12.1. The third-order valence-corrected chi connectivity index (χ3v) is 3.00. The Kier molecular flexibility index (Phi) is 5.10. The number of nitrogens with one attached hydrogen (secondary N) is 1. The van der Waals surface area contributed by atoms with E-state index < -0.39 is 5.63 Å². The lowest BCUT2D eigenvalue weighted by Crippen LogP contribution is -2.16. The van der Waals surface area contributed by atoms with Crippen LogP contribution >= 0.6 is 0 Å². The van der Waals surface area contributed by atoms with E-state index in [1.165, 1.54) is 6.07 Å². The maximum atomic E-state index is 12.2. The normalized spacial score (nSPS) is 11.0. The molecule has 7 nitrogen and oxygen atoms in total. The quantitative estimate of drug-likeness (QED) is 0.772. The molecular weight excluding hydrogens is 276 g/mol. The number of methoxy groups -OCH3 is 1. The molecular formula is C14H18N2O5. The monoisotopic (exact) mass is 294 g/mol. The smallest absolute Gasteiger partial charge is 0.337 e. The highest BCUT2D eigenvalue weighted by molar-refractivity contribution is 5.75. The van der Waals surface area contributed by atoms with Gasteiger partial charge in [0.2, 0.25) is 5.71 Å². The number of nitrogens with zero attached hydrogens (tertiary/aromatic N) is 1. The van der Waals surface area contributed by atoms with Crippen LogP contribution in [0.25, 0.3) is 11.1 Å². The lowest BCUT2D eigenvalue weighted by atomic mass is 10.1. The SMILES string of the molecule is CCCCc1cc(=O)oc2nc(OCCOC)[nH]c(=O)c12. The van der Waals surface area contributed by atoms with E-state index in [9.17, 15) is 9.59 Å². The summed E-state index contributed by atoms with van der Waals surface area (Å²) in [6.07, 6.45) is 2.47. The van der Waals surface area contributed by atoms with Crippen LogP contribution in [0.1, 0.15) is 25.3 Å². The third kappa shape index (κ3) is 3.69. The summed E-state index contributed by atoms with van der Waals surface area (Å²) in [5, 5.41) is 0.308. The molecule has 2 aromatic heterocycles. The van der Waals surface area contributed by atoms with Gasteiger partial charge >= 0.3 is 5.63 Å². The highest BCUT2D eigenvalue weighted by atomic mass is 16.5. The Bertz CT molecular complexity index is 719. The maximum absolute atomic E-state index is 12.2. The Labute approximate surface area is 120 Å². The second-order valence-corrected chi connectivity index (χ2v) is 4.59. The molecule has 1 N–H and O–H groups in total. The van der Waals surface area contributed by atoms with Crippen molar-refractivity contribution in [3.63, 3.8) is 0 Å². The minimum Gasteiger partial charge on any atom is -0.462 e. The summed E-state index contributed by atoms with van der Waals surface area (Å²) in [7, 11) is 1.54. The zero-order chi connectivity index (χ0) is 15.2. The Morgan fingerprint density at radius 3 is 2.86 bits per heavy atom. The fraction of sp³-hybridized carbons (Fsp3) is 0.500. The average molecular weight is 294 g/mol. The summed E-state index contributed by atoms with van der Waals surface area (Å²) < 4.78 is 15.1. The molecule has 0 aliphatic heterocycles. The van der Waals surface area contributed by atoms with Crippen LogP contribution in [-0.2, 0) is 11.2 Å². The molecule has 0 unspecified atom stereocenters. The molecule has 21 heavy (non-hydrogen) atoms. The van der Waals surface area contributed by atoms with Crippen LogP contribution in [0.4, 0.5) is 0 Å². The number of ether oxygens (including phenoxy) is 2. The van der Waals surface area contributed by atoms with Crippen LogP contribution in [0.2, 0.25) is 0 Å². The van der Waals surface area contributed by atoms with E-state index >= 15 is 0 Å². The lowest BCUT2D eigenvalue weighted by molar-refractivity contribution is 0.140. The van der Waals surface area contributed by atoms with Crippen molar-refractivity contribution in [2.24, 2.45) is 0 Å². The number of fused-ring (bicyclic) bond motifs is 1. The number of rotatable bonds is 7. The molecule has 0 atom stereocenters. The van der Waals surface area contributed by atoms with E-state index in [2.05, 4.69) is 9.97 Å². The Hall–Kier alpha value is -2.15. The molecule has 0 saturated carbocycles. The van der Waals surface area contributed by atoms with Gasteiger partial charge in [-0.2, -0.15) is 4.98 Å². The fourth-order valence-electron chi connectivity index (χ4n) is 1.98. The van der Waals surface area contributed by atoms with Gasteiger partial charge in [0.15, 0.2) is 0 Å². The summed E-state index contributed by atoms with van der Waals surface area (Å²) in [6.45, 7) is 2.64. The highest BCUT2D eigenvalue weighted by Gasteiger charge is 2.13. The van der Waals surface area contributed by atoms with Crippen LogP contribution in [0.3, 0.4) is 0 Å². The van der Waals surface area contributed by atoms with Gasteiger partial charge < -0.3 is 13.9 Å². The van der Waals surface area contributed by atoms with E-state index in [0.717, 1.165) is 12.8 Å². The molecule has 0 radical (unpaired) electrons. The molecule has 0 aliphatic rings. The van der Waals surface area contributed by atoms with Gasteiger partial charge in [-0.1, -0.05) is 13.3 Å². The first-order chi connectivity index (χ1) is 10.2. The standard InChI is InChI=1S/C14H18N2O5/c1-3-4-5-9-8-10(17)21-13-11(9)12(18)15-14(16-13)20-7-6-19-2/h8H,3-7H2,1-2H3,(H,15,16,18). The molecule has 0 spiro atoms. The van der Waals surface area contributed by atoms with Crippen molar-refractivity contribution >= 4 is 11.1 Å². The number of H-pyrrole nitrogens is 1. The largest absolute Gasteiger partial charge is 0.462 e. The lowest BCUT2D eigenvalue weighted by Gasteiger charge is -2.06. The third-order valence-electron chi connectivity index (χ3n) is 3.00. The Balaban J connectivity index is 2.44. The second kappa shape index (κ2) is 7.03. The van der Waals surface area contributed by atoms with Crippen molar-refractivity contribution in [2.45, 2.75) is 26.2 Å². The minimum atomic E-state index is -0.519. The van der Waals surface area contributed by atoms with Gasteiger partial charge in [0.05, 0.1) is 6.61 Å². The van der Waals surface area contributed by atoms with E-state index in [1.54, 1.807) is 7.11 Å². The van der Waals surface area contributed by atoms with Crippen LogP contribution < -0.4 is 15.9 Å². The molecule has 7 heteroatoms. The van der Waals surface area contributed by atoms with Crippen molar-refractivity contribution in [2.75, 3.05) is 20.3 Å². The predicted octanol–water partition coefficient (Wildman–Crippen LogP) is 1.24. The summed E-state index contributed by atoms with van der Waals surface area (Å²) in [4.78, 5) is 30.3. The van der Waals surface area contributed by atoms with E-state index in [-0.39, 0.29) is 23.9 Å². The molecule has 114 valence electrons. The molecule has 0 amide bonds. The maximum Gasteiger partial charge on any atom is 0.337 e. The summed E-state index contributed by atoms with van der Waals surface area (Å²) in [6, 6.07) is 1.36. The summed E-state index contributed by atoms with van der Waals surface area (Å²) in [5.74, 6) is 0. The molecule has 0 aromatic carbocycles. The molecule has 2 heterocycles. The van der Waals surface area contributed by atoms with Gasteiger partial charge in [0.1, 0.15) is 12.0 Å². The second-order valence-electron chi connectivity index (χ2n) is 4.59. The first-order valence-corrected chi connectivity index (χ1v) is 6.84. The minimum absolute atomic E-state index is 0.00442. The zero-order valence-electron chi connectivity index (χ0n) is 12.1. The number of aryl methyl sites for hydroxylation is 1. The van der Waals surface area contributed by atoms with Gasteiger partial charge in [-0.25, -0.2) is 4.79 Å². The average Bonchev–Trinajstić information content (AvgIpc) is 2.44. The molecule has 2 rings (SSSR count). The topological polar surface area (TPSA) is 94.4 Å². The van der Waals surface area contributed by atoms with Crippen molar-refractivity contribution in [1.82, 2.24) is 9.97 Å².